The van der Waals surface area contributed by atoms with Gasteiger partial charge in [-0.25, -0.2) is 0 Å². The third-order valence-electron chi connectivity index (χ3n) is 3.27. The molecule has 0 radical (unpaired) electrons. The van der Waals surface area contributed by atoms with Gasteiger partial charge in [-0.3, -0.25) is 0 Å². The van der Waals surface area contributed by atoms with E-state index in [1.54, 1.807) is 19.2 Å². The third kappa shape index (κ3) is 5.72. The first-order valence-electron chi connectivity index (χ1n) is 7.69. The zero-order valence-electron chi connectivity index (χ0n) is 15.0. The van der Waals surface area contributed by atoms with Gasteiger partial charge in [-0.2, -0.15) is 0 Å². The lowest BCUT2D eigenvalue weighted by Gasteiger charge is -2.28. The molecule has 0 aliphatic rings. The van der Waals surface area contributed by atoms with Crippen molar-refractivity contribution in [3.63, 3.8) is 0 Å². The number of hydrogen-bond donors (Lipinski definition) is 1. The molecule has 0 atom stereocenters. The predicted molar refractivity (Wildman–Crippen MR) is 91.8 cm³/mol. The minimum Gasteiger partial charge on any atom is -0.508 e. The highest BCUT2D eigenvalue weighted by atomic mass is 16.5. The van der Waals surface area contributed by atoms with Gasteiger partial charge in [-0.1, -0.05) is 53.7 Å². The Morgan fingerprint density at radius 1 is 1.09 bits per heavy atom. The van der Waals surface area contributed by atoms with Crippen LogP contribution in [-0.2, 0) is 9.47 Å². The van der Waals surface area contributed by atoms with E-state index in [1.165, 1.54) is 0 Å². The molecule has 0 aromatic heterocycles. The van der Waals surface area contributed by atoms with Gasteiger partial charge in [0.25, 0.3) is 0 Å². The second-order valence-corrected chi connectivity index (χ2v) is 7.87. The normalized spacial score (nSPS) is 13.8. The fraction of sp³-hybridized carbons (Fsp3) is 0.579. The Morgan fingerprint density at radius 2 is 1.73 bits per heavy atom. The number of ether oxygens (including phenoxy) is 2. The summed E-state index contributed by atoms with van der Waals surface area (Å²) in [4.78, 5) is 0. The molecule has 1 N–H and O–H groups in total. The van der Waals surface area contributed by atoms with E-state index in [1.807, 2.05) is 12.1 Å². The van der Waals surface area contributed by atoms with Gasteiger partial charge in [0.05, 0.1) is 20.3 Å². The molecule has 3 nitrogen and oxygen atoms in total. The van der Waals surface area contributed by atoms with Crippen molar-refractivity contribution in [2.45, 2.75) is 41.5 Å². The zero-order chi connectivity index (χ0) is 17.0. The summed E-state index contributed by atoms with van der Waals surface area (Å²) in [5, 5.41) is 9.72. The summed E-state index contributed by atoms with van der Waals surface area (Å²) >= 11 is 0. The summed E-state index contributed by atoms with van der Waals surface area (Å²) in [7, 11) is 1.66. The van der Waals surface area contributed by atoms with Crippen molar-refractivity contribution in [1.82, 2.24) is 0 Å². The highest BCUT2D eigenvalue weighted by Crippen LogP contribution is 2.34. The van der Waals surface area contributed by atoms with Gasteiger partial charge >= 0.3 is 0 Å². The van der Waals surface area contributed by atoms with Crippen LogP contribution in [-0.4, -0.2) is 25.4 Å². The Morgan fingerprint density at radius 3 is 2.18 bits per heavy atom. The van der Waals surface area contributed by atoms with Crippen LogP contribution in [0.2, 0.25) is 0 Å². The molecular formula is C19H30O3. The topological polar surface area (TPSA) is 38.7 Å². The molecule has 1 aromatic rings. The molecule has 1 aromatic carbocycles. The van der Waals surface area contributed by atoms with E-state index in [0.717, 1.165) is 16.9 Å². The maximum Gasteiger partial charge on any atom is 0.128 e. The Labute approximate surface area is 135 Å². The molecule has 0 saturated heterocycles. The predicted octanol–water partition coefficient (Wildman–Crippen LogP) is 4.86. The quantitative estimate of drug-likeness (QED) is 0.790. The van der Waals surface area contributed by atoms with Crippen molar-refractivity contribution in [2.75, 3.05) is 20.3 Å². The Balaban J connectivity index is 3.15. The van der Waals surface area contributed by atoms with Gasteiger partial charge in [0.15, 0.2) is 0 Å². The van der Waals surface area contributed by atoms with Gasteiger partial charge in [-0.05, 0) is 23.0 Å². The standard InChI is InChI=1S/C19H30O3/c1-18(2,3)13-22-12-16(19(4,5)6)17(21-7)14-9-8-10-15(20)11-14/h8-11,20H,12-13H2,1-7H3/b17-16-. The van der Waals surface area contributed by atoms with Crippen LogP contribution in [0.4, 0.5) is 0 Å². The molecule has 0 heterocycles. The van der Waals surface area contributed by atoms with Gasteiger partial charge in [0.2, 0.25) is 0 Å². The van der Waals surface area contributed by atoms with Crippen molar-refractivity contribution in [2.24, 2.45) is 10.8 Å². The number of phenols is 1. The summed E-state index contributed by atoms with van der Waals surface area (Å²) in [6.45, 7) is 14.1. The average molecular weight is 306 g/mol. The van der Waals surface area contributed by atoms with E-state index >= 15 is 0 Å². The highest BCUT2D eigenvalue weighted by molar-refractivity contribution is 5.65. The van der Waals surface area contributed by atoms with Crippen LogP contribution in [0.25, 0.3) is 5.76 Å². The molecule has 1 rings (SSSR count). The number of rotatable bonds is 5. The molecule has 0 bridgehead atoms. The molecular weight excluding hydrogens is 276 g/mol. The highest BCUT2D eigenvalue weighted by Gasteiger charge is 2.24. The van der Waals surface area contributed by atoms with E-state index in [-0.39, 0.29) is 16.6 Å². The number of methoxy groups -OCH3 is 1. The Bertz CT molecular complexity index is 516. The molecule has 0 amide bonds. The van der Waals surface area contributed by atoms with Gasteiger partial charge < -0.3 is 14.6 Å². The number of phenolic OH excluding ortho intramolecular Hbond substituents is 1. The summed E-state index contributed by atoms with van der Waals surface area (Å²) in [5.74, 6) is 1.01. The third-order valence-corrected chi connectivity index (χ3v) is 3.27. The molecule has 0 unspecified atom stereocenters. The fourth-order valence-corrected chi connectivity index (χ4v) is 2.14. The number of aromatic hydroxyl groups is 1. The molecule has 0 aliphatic carbocycles. The molecule has 22 heavy (non-hydrogen) atoms. The van der Waals surface area contributed by atoms with Crippen LogP contribution in [0, 0.1) is 10.8 Å². The van der Waals surface area contributed by atoms with E-state index in [2.05, 4.69) is 41.5 Å². The van der Waals surface area contributed by atoms with Crippen molar-refractivity contribution in [1.29, 1.82) is 0 Å². The summed E-state index contributed by atoms with van der Waals surface area (Å²) in [6.07, 6.45) is 0. The number of hydrogen-bond acceptors (Lipinski definition) is 3. The first kappa shape index (κ1) is 18.6. The Kier molecular flexibility index (Phi) is 6.07. The minimum absolute atomic E-state index is 0.0886. The molecule has 0 aliphatic heterocycles. The second kappa shape index (κ2) is 7.19. The molecule has 0 fully saturated rings. The molecule has 124 valence electrons. The van der Waals surface area contributed by atoms with Crippen LogP contribution in [0.15, 0.2) is 29.8 Å². The van der Waals surface area contributed by atoms with Crippen LogP contribution in [0.1, 0.15) is 47.1 Å². The lowest BCUT2D eigenvalue weighted by molar-refractivity contribution is 0.0787. The zero-order valence-corrected chi connectivity index (χ0v) is 15.0. The first-order valence-corrected chi connectivity index (χ1v) is 7.69. The number of benzene rings is 1. The van der Waals surface area contributed by atoms with Crippen molar-refractivity contribution < 1.29 is 14.6 Å². The smallest absolute Gasteiger partial charge is 0.128 e. The van der Waals surface area contributed by atoms with E-state index < -0.39 is 0 Å². The minimum atomic E-state index is -0.0886. The molecule has 0 spiro atoms. The fourth-order valence-electron chi connectivity index (χ4n) is 2.14. The first-order chi connectivity index (χ1) is 10.0. The van der Waals surface area contributed by atoms with Gasteiger partial charge in [0, 0.05) is 11.1 Å². The maximum absolute atomic E-state index is 9.72. The lowest BCUT2D eigenvalue weighted by Crippen LogP contribution is -2.21. The van der Waals surface area contributed by atoms with Crippen LogP contribution in [0.3, 0.4) is 0 Å². The largest absolute Gasteiger partial charge is 0.508 e. The van der Waals surface area contributed by atoms with Crippen LogP contribution >= 0.6 is 0 Å². The lowest BCUT2D eigenvalue weighted by atomic mass is 9.84. The average Bonchev–Trinajstić information content (AvgIpc) is 2.35. The second-order valence-electron chi connectivity index (χ2n) is 7.87. The van der Waals surface area contributed by atoms with Gasteiger partial charge in [0.1, 0.15) is 11.5 Å². The van der Waals surface area contributed by atoms with Crippen molar-refractivity contribution >= 4 is 5.76 Å². The maximum atomic E-state index is 9.72. The summed E-state index contributed by atoms with van der Waals surface area (Å²) in [5.41, 5.74) is 1.99. The van der Waals surface area contributed by atoms with E-state index in [9.17, 15) is 5.11 Å². The monoisotopic (exact) mass is 306 g/mol. The van der Waals surface area contributed by atoms with Gasteiger partial charge in [-0.15, -0.1) is 0 Å². The molecule has 0 saturated carbocycles. The van der Waals surface area contributed by atoms with Crippen LogP contribution < -0.4 is 0 Å². The van der Waals surface area contributed by atoms with Crippen molar-refractivity contribution in [3.05, 3.63) is 35.4 Å². The van der Waals surface area contributed by atoms with E-state index in [0.29, 0.717) is 13.2 Å². The summed E-state index contributed by atoms with van der Waals surface area (Å²) in [6, 6.07) is 7.13. The summed E-state index contributed by atoms with van der Waals surface area (Å²) < 4.78 is 11.6. The van der Waals surface area contributed by atoms with Crippen molar-refractivity contribution in [3.8, 4) is 5.75 Å². The molecule has 3 heteroatoms. The van der Waals surface area contributed by atoms with E-state index in [4.69, 9.17) is 9.47 Å². The van der Waals surface area contributed by atoms with Crippen LogP contribution in [0.5, 0.6) is 5.75 Å². The SMILES string of the molecule is CO/C(=C(/COCC(C)(C)C)C(C)(C)C)c1cccc(O)c1. The Hall–Kier alpha value is -1.48.